The van der Waals surface area contributed by atoms with Crippen LogP contribution in [0.2, 0.25) is 0 Å². The number of aryl methyl sites for hydroxylation is 1. The van der Waals surface area contributed by atoms with Gasteiger partial charge in [0.1, 0.15) is 6.04 Å². The van der Waals surface area contributed by atoms with E-state index in [2.05, 4.69) is 10.0 Å². The summed E-state index contributed by atoms with van der Waals surface area (Å²) in [7, 11) is -3.69. The molecule has 0 aliphatic carbocycles. The van der Waals surface area contributed by atoms with Gasteiger partial charge in [0.2, 0.25) is 10.0 Å². The average Bonchev–Trinajstić information content (AvgIpc) is 2.45. The van der Waals surface area contributed by atoms with Crippen LogP contribution in [0, 0.1) is 12.8 Å². The van der Waals surface area contributed by atoms with Gasteiger partial charge in [0.05, 0.1) is 4.90 Å². The van der Waals surface area contributed by atoms with Crippen molar-refractivity contribution in [3.05, 3.63) is 29.3 Å². The van der Waals surface area contributed by atoms with E-state index in [-0.39, 0.29) is 29.3 Å². The third-order valence-corrected chi connectivity index (χ3v) is 4.95. The van der Waals surface area contributed by atoms with Crippen molar-refractivity contribution in [1.29, 1.82) is 0 Å². The molecule has 1 atom stereocenters. The van der Waals surface area contributed by atoms with E-state index in [9.17, 15) is 23.1 Å². The summed E-state index contributed by atoms with van der Waals surface area (Å²) in [6.45, 7) is 7.26. The minimum absolute atomic E-state index is 0.0316. The molecule has 0 bridgehead atoms. The van der Waals surface area contributed by atoms with Crippen LogP contribution in [0.15, 0.2) is 23.1 Å². The molecule has 1 rings (SSSR count). The Kier molecular flexibility index (Phi) is 6.92. The first-order valence-corrected chi connectivity index (χ1v) is 9.20. The molecule has 0 saturated heterocycles. The quantitative estimate of drug-likeness (QED) is 0.654. The van der Waals surface area contributed by atoms with Gasteiger partial charge in [0.25, 0.3) is 5.91 Å². The molecule has 0 aliphatic heterocycles. The number of aliphatic carboxylic acids is 1. The van der Waals surface area contributed by atoms with Crippen molar-refractivity contribution in [2.75, 3.05) is 6.54 Å². The van der Waals surface area contributed by atoms with E-state index in [4.69, 9.17) is 0 Å². The van der Waals surface area contributed by atoms with Gasteiger partial charge in [0, 0.05) is 12.1 Å². The normalized spacial score (nSPS) is 12.9. The van der Waals surface area contributed by atoms with E-state index in [1.165, 1.54) is 18.2 Å². The second kappa shape index (κ2) is 8.25. The highest BCUT2D eigenvalue weighted by atomic mass is 32.2. The summed E-state index contributed by atoms with van der Waals surface area (Å²) in [6.07, 6.45) is 0.287. The summed E-state index contributed by atoms with van der Waals surface area (Å²) in [6, 6.07) is 3.17. The Balaban J connectivity index is 3.12. The number of amides is 1. The van der Waals surface area contributed by atoms with Crippen molar-refractivity contribution in [2.24, 2.45) is 5.92 Å². The van der Waals surface area contributed by atoms with E-state index in [1.807, 2.05) is 13.8 Å². The lowest BCUT2D eigenvalue weighted by molar-refractivity contribution is -0.139. The predicted octanol–water partition coefficient (Wildman–Crippen LogP) is 1.52. The number of hydrogen-bond donors (Lipinski definition) is 3. The zero-order chi connectivity index (χ0) is 18.5. The van der Waals surface area contributed by atoms with Crippen molar-refractivity contribution < 1.29 is 23.1 Å². The third kappa shape index (κ3) is 5.31. The van der Waals surface area contributed by atoms with E-state index in [0.717, 1.165) is 0 Å². The Bertz CT molecular complexity index is 713. The predicted molar refractivity (Wildman–Crippen MR) is 90.4 cm³/mol. The minimum atomic E-state index is -3.69. The van der Waals surface area contributed by atoms with Crippen LogP contribution in [0.4, 0.5) is 0 Å². The highest BCUT2D eigenvalue weighted by molar-refractivity contribution is 7.89. The molecular weight excluding hydrogens is 332 g/mol. The fourth-order valence-electron chi connectivity index (χ4n) is 2.22. The molecule has 3 N–H and O–H groups in total. The maximum Gasteiger partial charge on any atom is 0.326 e. The third-order valence-electron chi connectivity index (χ3n) is 3.41. The van der Waals surface area contributed by atoms with E-state index in [0.29, 0.717) is 5.56 Å². The number of carboxylic acids is 1. The molecule has 24 heavy (non-hydrogen) atoms. The Hall–Kier alpha value is -1.93. The number of sulfonamides is 1. The summed E-state index contributed by atoms with van der Waals surface area (Å²) in [5.74, 6) is -1.63. The van der Waals surface area contributed by atoms with E-state index in [1.54, 1.807) is 13.8 Å². The molecule has 1 aromatic rings. The van der Waals surface area contributed by atoms with Gasteiger partial charge in [-0.2, -0.15) is 0 Å². The summed E-state index contributed by atoms with van der Waals surface area (Å²) in [5.41, 5.74) is 0.709. The lowest BCUT2D eigenvalue weighted by atomic mass is 10.0. The zero-order valence-electron chi connectivity index (χ0n) is 14.3. The highest BCUT2D eigenvalue weighted by Crippen LogP contribution is 2.16. The van der Waals surface area contributed by atoms with Crippen LogP contribution in [0.3, 0.4) is 0 Å². The fraction of sp³-hybridized carbons (Fsp3) is 0.500. The van der Waals surface area contributed by atoms with Gasteiger partial charge < -0.3 is 10.4 Å². The summed E-state index contributed by atoms with van der Waals surface area (Å²) in [4.78, 5) is 23.7. The van der Waals surface area contributed by atoms with Crippen LogP contribution in [0.5, 0.6) is 0 Å². The van der Waals surface area contributed by atoms with Gasteiger partial charge in [0.15, 0.2) is 0 Å². The molecule has 1 amide bonds. The fourth-order valence-corrected chi connectivity index (χ4v) is 3.28. The Morgan fingerprint density at radius 1 is 1.25 bits per heavy atom. The molecule has 7 nitrogen and oxygen atoms in total. The first-order valence-electron chi connectivity index (χ1n) is 7.72. The number of rotatable bonds is 8. The molecule has 0 radical (unpaired) electrons. The lowest BCUT2D eigenvalue weighted by Gasteiger charge is -2.17. The molecule has 1 aromatic carbocycles. The number of hydrogen-bond acceptors (Lipinski definition) is 4. The minimum Gasteiger partial charge on any atom is -0.480 e. The van der Waals surface area contributed by atoms with Gasteiger partial charge >= 0.3 is 5.97 Å². The van der Waals surface area contributed by atoms with Crippen molar-refractivity contribution in [3.8, 4) is 0 Å². The smallest absolute Gasteiger partial charge is 0.326 e. The van der Waals surface area contributed by atoms with Crippen molar-refractivity contribution >= 4 is 21.9 Å². The molecule has 0 saturated carbocycles. The Morgan fingerprint density at radius 3 is 2.38 bits per heavy atom. The monoisotopic (exact) mass is 356 g/mol. The van der Waals surface area contributed by atoms with Gasteiger partial charge in [-0.05, 0) is 37.0 Å². The number of carbonyl (C=O) groups excluding carboxylic acids is 1. The van der Waals surface area contributed by atoms with Gasteiger partial charge in [-0.1, -0.05) is 26.8 Å². The SMILES string of the molecule is CCNS(=O)(=O)c1ccc(C)c(C(=O)N[C@H](CC(C)C)C(=O)O)c1. The topological polar surface area (TPSA) is 113 Å². The first-order chi connectivity index (χ1) is 11.1. The Morgan fingerprint density at radius 2 is 1.88 bits per heavy atom. The van der Waals surface area contributed by atoms with Gasteiger partial charge in [-0.15, -0.1) is 0 Å². The van der Waals surface area contributed by atoms with Crippen LogP contribution in [-0.4, -0.2) is 38.0 Å². The van der Waals surface area contributed by atoms with Crippen LogP contribution < -0.4 is 10.0 Å². The van der Waals surface area contributed by atoms with Gasteiger partial charge in [-0.3, -0.25) is 4.79 Å². The second-order valence-corrected chi connectivity index (χ2v) is 7.74. The van der Waals surface area contributed by atoms with E-state index >= 15 is 0 Å². The maximum absolute atomic E-state index is 12.4. The van der Waals surface area contributed by atoms with Crippen LogP contribution in [0.1, 0.15) is 43.1 Å². The molecule has 0 unspecified atom stereocenters. The molecule has 8 heteroatoms. The lowest BCUT2D eigenvalue weighted by Crippen LogP contribution is -2.42. The molecule has 0 aromatic heterocycles. The maximum atomic E-state index is 12.4. The number of carboxylic acid groups (broad SMARTS) is 1. The summed E-state index contributed by atoms with van der Waals surface area (Å²) >= 11 is 0. The largest absolute Gasteiger partial charge is 0.480 e. The molecule has 0 spiro atoms. The highest BCUT2D eigenvalue weighted by Gasteiger charge is 2.23. The van der Waals surface area contributed by atoms with Gasteiger partial charge in [-0.25, -0.2) is 17.9 Å². The number of nitrogens with one attached hydrogen (secondary N) is 2. The molecule has 0 aliphatic rings. The zero-order valence-corrected chi connectivity index (χ0v) is 15.1. The standard InChI is InChI=1S/C16H24N2O5S/c1-5-17-24(22,23)12-7-6-11(4)13(9-12)15(19)18-14(16(20)21)8-10(2)3/h6-7,9-10,14,17H,5,8H2,1-4H3,(H,18,19)(H,20,21)/t14-/m1/s1. The van der Waals surface area contributed by atoms with Crippen LogP contribution in [0.25, 0.3) is 0 Å². The molecular formula is C16H24N2O5S. The molecule has 0 heterocycles. The van der Waals surface area contributed by atoms with Crippen LogP contribution in [-0.2, 0) is 14.8 Å². The van der Waals surface area contributed by atoms with E-state index < -0.39 is 27.9 Å². The Labute approximate surface area is 142 Å². The van der Waals surface area contributed by atoms with Crippen LogP contribution >= 0.6 is 0 Å². The summed E-state index contributed by atoms with van der Waals surface area (Å²) < 4.78 is 26.5. The summed E-state index contributed by atoms with van der Waals surface area (Å²) in [5, 5.41) is 11.7. The number of carbonyl (C=O) groups is 2. The molecule has 134 valence electrons. The van der Waals surface area contributed by atoms with Crippen molar-refractivity contribution in [2.45, 2.75) is 45.1 Å². The van der Waals surface area contributed by atoms with Crippen molar-refractivity contribution in [1.82, 2.24) is 10.0 Å². The first kappa shape index (κ1) is 20.1. The van der Waals surface area contributed by atoms with Crippen molar-refractivity contribution in [3.63, 3.8) is 0 Å². The number of benzene rings is 1. The second-order valence-electron chi connectivity index (χ2n) is 5.97. The average molecular weight is 356 g/mol. The molecule has 0 fully saturated rings.